The maximum Gasteiger partial charge on any atom is 0.411 e. The van der Waals surface area contributed by atoms with Crippen LogP contribution >= 0.6 is 0 Å². The molecule has 126 valence electrons. The van der Waals surface area contributed by atoms with Crippen LogP contribution in [0.15, 0.2) is 24.3 Å². The SMILES string of the molecule is COC(=O)Nc1cccc(NC(=O)N2CCCNC(C)(C)C2)c1. The molecule has 1 aliphatic heterocycles. The van der Waals surface area contributed by atoms with Gasteiger partial charge in [-0.3, -0.25) is 5.32 Å². The lowest BCUT2D eigenvalue weighted by atomic mass is 10.1. The first-order chi connectivity index (χ1) is 10.9. The van der Waals surface area contributed by atoms with E-state index in [4.69, 9.17) is 0 Å². The molecule has 2 rings (SSSR count). The van der Waals surface area contributed by atoms with Crippen LogP contribution in [0.2, 0.25) is 0 Å². The number of anilines is 2. The molecule has 1 aromatic rings. The maximum atomic E-state index is 12.5. The maximum absolute atomic E-state index is 12.5. The molecule has 1 aromatic carbocycles. The number of amides is 3. The van der Waals surface area contributed by atoms with Gasteiger partial charge in [-0.15, -0.1) is 0 Å². The monoisotopic (exact) mass is 320 g/mol. The van der Waals surface area contributed by atoms with E-state index in [1.165, 1.54) is 7.11 Å². The van der Waals surface area contributed by atoms with Crippen molar-refractivity contribution in [3.63, 3.8) is 0 Å². The lowest BCUT2D eigenvalue weighted by Crippen LogP contribution is -2.48. The van der Waals surface area contributed by atoms with Crippen molar-refractivity contribution in [2.45, 2.75) is 25.8 Å². The molecule has 7 heteroatoms. The Bertz CT molecular complexity index is 574. The van der Waals surface area contributed by atoms with E-state index in [1.807, 2.05) is 0 Å². The molecule has 0 radical (unpaired) electrons. The van der Waals surface area contributed by atoms with Gasteiger partial charge >= 0.3 is 12.1 Å². The first kappa shape index (κ1) is 17.1. The molecule has 0 aromatic heterocycles. The Labute approximate surface area is 136 Å². The number of methoxy groups -OCH3 is 1. The predicted octanol–water partition coefficient (Wildman–Crippen LogP) is 2.47. The van der Waals surface area contributed by atoms with Crippen LogP contribution in [0.4, 0.5) is 21.0 Å². The van der Waals surface area contributed by atoms with Crippen molar-refractivity contribution >= 4 is 23.5 Å². The number of nitrogens with one attached hydrogen (secondary N) is 3. The van der Waals surface area contributed by atoms with Crippen LogP contribution < -0.4 is 16.0 Å². The summed E-state index contributed by atoms with van der Waals surface area (Å²) in [4.78, 5) is 25.5. The summed E-state index contributed by atoms with van der Waals surface area (Å²) in [7, 11) is 1.30. The highest BCUT2D eigenvalue weighted by Crippen LogP contribution is 2.17. The lowest BCUT2D eigenvalue weighted by Gasteiger charge is -2.30. The third kappa shape index (κ3) is 5.14. The van der Waals surface area contributed by atoms with Crippen molar-refractivity contribution in [1.29, 1.82) is 0 Å². The molecule has 3 amide bonds. The summed E-state index contributed by atoms with van der Waals surface area (Å²) in [6.45, 7) is 6.41. The zero-order valence-electron chi connectivity index (χ0n) is 13.8. The number of ether oxygens (including phenoxy) is 1. The fourth-order valence-corrected chi connectivity index (χ4v) is 2.53. The molecule has 7 nitrogen and oxygen atoms in total. The smallest absolute Gasteiger partial charge is 0.411 e. The number of carbonyl (C=O) groups excluding carboxylic acids is 2. The molecular formula is C16H24N4O3. The van der Waals surface area contributed by atoms with Crippen LogP contribution in [-0.4, -0.2) is 49.3 Å². The van der Waals surface area contributed by atoms with Gasteiger partial charge in [-0.2, -0.15) is 0 Å². The number of hydrogen-bond acceptors (Lipinski definition) is 4. The summed E-state index contributed by atoms with van der Waals surface area (Å²) < 4.78 is 4.55. The van der Waals surface area contributed by atoms with Crippen molar-refractivity contribution in [3.8, 4) is 0 Å². The molecule has 0 atom stereocenters. The predicted molar refractivity (Wildman–Crippen MR) is 89.8 cm³/mol. The lowest BCUT2D eigenvalue weighted by molar-refractivity contribution is 0.187. The molecule has 0 saturated carbocycles. The number of carbonyl (C=O) groups is 2. The van der Waals surface area contributed by atoms with Crippen molar-refractivity contribution in [3.05, 3.63) is 24.3 Å². The minimum Gasteiger partial charge on any atom is -0.453 e. The van der Waals surface area contributed by atoms with Gasteiger partial charge in [-0.1, -0.05) is 6.07 Å². The Hall–Kier alpha value is -2.28. The van der Waals surface area contributed by atoms with Crippen LogP contribution in [0.3, 0.4) is 0 Å². The summed E-state index contributed by atoms with van der Waals surface area (Å²) >= 11 is 0. The second-order valence-corrected chi connectivity index (χ2v) is 6.21. The Morgan fingerprint density at radius 1 is 1.26 bits per heavy atom. The number of benzene rings is 1. The van der Waals surface area contributed by atoms with Gasteiger partial charge in [-0.25, -0.2) is 9.59 Å². The summed E-state index contributed by atoms with van der Waals surface area (Å²) in [6.07, 6.45) is 0.370. The number of hydrogen-bond donors (Lipinski definition) is 3. The molecule has 0 aliphatic carbocycles. The molecule has 3 N–H and O–H groups in total. The Morgan fingerprint density at radius 3 is 2.65 bits per heavy atom. The fourth-order valence-electron chi connectivity index (χ4n) is 2.53. The minimum absolute atomic E-state index is 0.109. The van der Waals surface area contributed by atoms with E-state index in [2.05, 4.69) is 34.5 Å². The van der Waals surface area contributed by atoms with Gasteiger partial charge in [0.1, 0.15) is 0 Å². The highest BCUT2D eigenvalue weighted by molar-refractivity contribution is 5.91. The molecule has 0 unspecified atom stereocenters. The molecule has 23 heavy (non-hydrogen) atoms. The third-order valence-corrected chi connectivity index (χ3v) is 3.63. The second kappa shape index (κ2) is 7.32. The van der Waals surface area contributed by atoms with Crippen LogP contribution in [-0.2, 0) is 4.74 Å². The summed E-state index contributed by atoms with van der Waals surface area (Å²) in [5.74, 6) is 0. The highest BCUT2D eigenvalue weighted by Gasteiger charge is 2.26. The zero-order valence-corrected chi connectivity index (χ0v) is 13.8. The van der Waals surface area contributed by atoms with Gasteiger partial charge in [0, 0.05) is 30.0 Å². The van der Waals surface area contributed by atoms with Crippen molar-refractivity contribution in [2.75, 3.05) is 37.4 Å². The first-order valence-corrected chi connectivity index (χ1v) is 7.66. The molecule has 1 saturated heterocycles. The van der Waals surface area contributed by atoms with Crippen LogP contribution in [0.25, 0.3) is 0 Å². The van der Waals surface area contributed by atoms with E-state index in [0.717, 1.165) is 13.0 Å². The van der Waals surface area contributed by atoms with Crippen LogP contribution in [0.5, 0.6) is 0 Å². The van der Waals surface area contributed by atoms with Crippen LogP contribution in [0.1, 0.15) is 20.3 Å². The van der Waals surface area contributed by atoms with Crippen molar-refractivity contribution < 1.29 is 14.3 Å². The van der Waals surface area contributed by atoms with Crippen molar-refractivity contribution in [1.82, 2.24) is 10.2 Å². The van der Waals surface area contributed by atoms with E-state index in [0.29, 0.717) is 24.5 Å². The van der Waals surface area contributed by atoms with Crippen LogP contribution in [0, 0.1) is 0 Å². The second-order valence-electron chi connectivity index (χ2n) is 6.21. The molecule has 0 bridgehead atoms. The van der Waals surface area contributed by atoms with Gasteiger partial charge in [-0.05, 0) is 45.0 Å². The first-order valence-electron chi connectivity index (χ1n) is 7.66. The van der Waals surface area contributed by atoms with E-state index >= 15 is 0 Å². The van der Waals surface area contributed by atoms with E-state index in [9.17, 15) is 9.59 Å². The summed E-state index contributed by atoms with van der Waals surface area (Å²) in [5, 5.41) is 8.87. The van der Waals surface area contributed by atoms with E-state index in [-0.39, 0.29) is 11.6 Å². The standard InChI is InChI=1S/C16H24N4O3/c1-16(2)11-20(9-5-8-17-16)14(21)18-12-6-4-7-13(10-12)19-15(22)23-3/h4,6-7,10,17H,5,8-9,11H2,1-3H3,(H,18,21)(H,19,22). The van der Waals surface area contributed by atoms with Gasteiger partial charge in [0.25, 0.3) is 0 Å². The molecule has 1 heterocycles. The third-order valence-electron chi connectivity index (χ3n) is 3.63. The van der Waals surface area contributed by atoms with E-state index < -0.39 is 6.09 Å². The highest BCUT2D eigenvalue weighted by atomic mass is 16.5. The van der Waals surface area contributed by atoms with Gasteiger partial charge in [0.15, 0.2) is 0 Å². The minimum atomic E-state index is -0.547. The largest absolute Gasteiger partial charge is 0.453 e. The summed E-state index contributed by atoms with van der Waals surface area (Å²) in [6, 6.07) is 6.81. The fraction of sp³-hybridized carbons (Fsp3) is 0.500. The quantitative estimate of drug-likeness (QED) is 0.782. The molecule has 0 spiro atoms. The molecule has 1 fully saturated rings. The number of urea groups is 1. The average Bonchev–Trinajstić information content (AvgIpc) is 2.68. The topological polar surface area (TPSA) is 82.7 Å². The zero-order chi connectivity index (χ0) is 16.9. The van der Waals surface area contributed by atoms with Gasteiger partial charge in [0.2, 0.25) is 0 Å². The molecule has 1 aliphatic rings. The van der Waals surface area contributed by atoms with Crippen molar-refractivity contribution in [2.24, 2.45) is 0 Å². The normalized spacial score (nSPS) is 17.1. The number of rotatable bonds is 2. The number of nitrogens with zero attached hydrogens (tertiary/aromatic N) is 1. The van der Waals surface area contributed by atoms with E-state index in [1.54, 1.807) is 29.2 Å². The van der Waals surface area contributed by atoms with Gasteiger partial charge < -0.3 is 20.3 Å². The average molecular weight is 320 g/mol. The Balaban J connectivity index is 2.02. The Kier molecular flexibility index (Phi) is 5.44. The Morgan fingerprint density at radius 2 is 1.96 bits per heavy atom. The molecular weight excluding hydrogens is 296 g/mol. The van der Waals surface area contributed by atoms with Gasteiger partial charge in [0.05, 0.1) is 7.11 Å². The summed E-state index contributed by atoms with van der Waals surface area (Å²) in [5.41, 5.74) is 1.08.